The number of rotatable bonds is 0. The fraction of sp³-hybridized carbons (Fsp3) is 0.200. The molecule has 0 heterocycles. The Kier molecular flexibility index (Phi) is 2.32. The third-order valence-electron chi connectivity index (χ3n) is 1.70. The summed E-state index contributed by atoms with van der Waals surface area (Å²) in [6.07, 6.45) is 2.06. The first-order valence-electron chi connectivity index (χ1n) is 3.73. The van der Waals surface area contributed by atoms with E-state index in [-0.39, 0.29) is 0 Å². The minimum Gasteiger partial charge on any atom is -0.402 e. The van der Waals surface area contributed by atoms with Crippen LogP contribution >= 0.6 is 0 Å². The van der Waals surface area contributed by atoms with Crippen LogP contribution in [0.4, 0.5) is 0 Å². The lowest BCUT2D eigenvalue weighted by molar-refractivity contribution is 1.40. The zero-order valence-electron chi connectivity index (χ0n) is 6.96. The summed E-state index contributed by atoms with van der Waals surface area (Å²) in [4.78, 5) is 0. The molecule has 11 heavy (non-hydrogen) atoms. The molecule has 0 unspecified atom stereocenters. The molecule has 1 aromatic rings. The first-order valence-corrected chi connectivity index (χ1v) is 3.73. The van der Waals surface area contributed by atoms with Crippen molar-refractivity contribution in [1.29, 1.82) is 0 Å². The van der Waals surface area contributed by atoms with Gasteiger partial charge in [-0.15, -0.1) is 0 Å². The SMILES string of the molecule is C/C=c1/cccc/c1=C(\C)N. The Bertz CT molecular complexity index is 345. The van der Waals surface area contributed by atoms with Crippen LogP contribution in [0.25, 0.3) is 11.8 Å². The van der Waals surface area contributed by atoms with Crippen molar-refractivity contribution >= 4 is 11.8 Å². The van der Waals surface area contributed by atoms with E-state index in [0.29, 0.717) is 0 Å². The molecule has 0 aliphatic rings. The summed E-state index contributed by atoms with van der Waals surface area (Å²) in [5, 5.41) is 2.34. The highest BCUT2D eigenvalue weighted by Gasteiger charge is 1.83. The van der Waals surface area contributed by atoms with Gasteiger partial charge in [0.15, 0.2) is 0 Å². The highest BCUT2D eigenvalue weighted by molar-refractivity contribution is 5.39. The van der Waals surface area contributed by atoms with E-state index in [2.05, 4.69) is 12.1 Å². The van der Waals surface area contributed by atoms with E-state index in [9.17, 15) is 0 Å². The predicted molar refractivity (Wildman–Crippen MR) is 49.1 cm³/mol. The zero-order chi connectivity index (χ0) is 8.27. The maximum atomic E-state index is 5.69. The van der Waals surface area contributed by atoms with Crippen molar-refractivity contribution in [3.8, 4) is 0 Å². The second-order valence-electron chi connectivity index (χ2n) is 2.56. The van der Waals surface area contributed by atoms with Crippen LogP contribution in [-0.4, -0.2) is 0 Å². The molecule has 0 aromatic heterocycles. The van der Waals surface area contributed by atoms with Crippen LogP contribution in [0.3, 0.4) is 0 Å². The quantitative estimate of drug-likeness (QED) is 0.570. The van der Waals surface area contributed by atoms with Gasteiger partial charge in [-0.1, -0.05) is 30.3 Å². The monoisotopic (exact) mass is 147 g/mol. The topological polar surface area (TPSA) is 26.0 Å². The van der Waals surface area contributed by atoms with Gasteiger partial charge < -0.3 is 5.73 Å². The van der Waals surface area contributed by atoms with Gasteiger partial charge in [-0.05, 0) is 24.3 Å². The van der Waals surface area contributed by atoms with Gasteiger partial charge >= 0.3 is 0 Å². The largest absolute Gasteiger partial charge is 0.402 e. The Morgan fingerprint density at radius 1 is 1.36 bits per heavy atom. The van der Waals surface area contributed by atoms with Crippen LogP contribution in [0.5, 0.6) is 0 Å². The minimum atomic E-state index is 0.874. The lowest BCUT2D eigenvalue weighted by atomic mass is 10.2. The fourth-order valence-electron chi connectivity index (χ4n) is 1.11. The summed E-state index contributed by atoms with van der Waals surface area (Å²) in [6.45, 7) is 3.93. The van der Waals surface area contributed by atoms with Gasteiger partial charge in [0.25, 0.3) is 0 Å². The summed E-state index contributed by atoms with van der Waals surface area (Å²) < 4.78 is 0. The molecule has 0 aliphatic carbocycles. The van der Waals surface area contributed by atoms with Crippen LogP contribution in [0.2, 0.25) is 0 Å². The molecule has 0 amide bonds. The third kappa shape index (κ3) is 1.61. The molecule has 0 saturated heterocycles. The Morgan fingerprint density at radius 3 is 2.45 bits per heavy atom. The van der Waals surface area contributed by atoms with Crippen LogP contribution in [-0.2, 0) is 0 Å². The lowest BCUT2D eigenvalue weighted by Crippen LogP contribution is -2.27. The molecule has 1 rings (SSSR count). The maximum absolute atomic E-state index is 5.69. The normalized spacial score (nSPS) is 14.9. The van der Waals surface area contributed by atoms with Crippen molar-refractivity contribution in [3.63, 3.8) is 0 Å². The first kappa shape index (κ1) is 7.86. The van der Waals surface area contributed by atoms with E-state index in [1.165, 1.54) is 5.22 Å². The second-order valence-corrected chi connectivity index (χ2v) is 2.56. The molecular formula is C10H13N. The Labute approximate surface area is 66.9 Å². The summed E-state index contributed by atoms with van der Waals surface area (Å²) in [6, 6.07) is 8.11. The van der Waals surface area contributed by atoms with E-state index in [0.717, 1.165) is 10.9 Å². The molecule has 1 heteroatoms. The van der Waals surface area contributed by atoms with Gasteiger partial charge in [-0.2, -0.15) is 0 Å². The lowest BCUT2D eigenvalue weighted by Gasteiger charge is -1.91. The second kappa shape index (κ2) is 3.24. The van der Waals surface area contributed by atoms with Crippen molar-refractivity contribution in [2.75, 3.05) is 0 Å². The summed E-state index contributed by atoms with van der Waals surface area (Å²) in [5.41, 5.74) is 6.56. The van der Waals surface area contributed by atoms with Gasteiger partial charge in [-0.25, -0.2) is 0 Å². The Balaban J connectivity index is 3.64. The molecule has 1 aromatic carbocycles. The van der Waals surface area contributed by atoms with Crippen molar-refractivity contribution in [1.82, 2.24) is 0 Å². The van der Waals surface area contributed by atoms with E-state index in [1.54, 1.807) is 0 Å². The van der Waals surface area contributed by atoms with Gasteiger partial charge in [0, 0.05) is 5.70 Å². The Morgan fingerprint density at radius 2 is 2.00 bits per heavy atom. The third-order valence-corrected chi connectivity index (χ3v) is 1.70. The molecule has 0 saturated carbocycles. The summed E-state index contributed by atoms with van der Waals surface area (Å²) in [5.74, 6) is 0. The molecule has 1 nitrogen and oxygen atoms in total. The molecule has 0 radical (unpaired) electrons. The predicted octanol–water partition coefficient (Wildman–Crippen LogP) is 0.574. The molecule has 58 valence electrons. The van der Waals surface area contributed by atoms with Gasteiger partial charge in [0.2, 0.25) is 0 Å². The molecule has 0 spiro atoms. The fourth-order valence-corrected chi connectivity index (χ4v) is 1.11. The standard InChI is InChI=1S/C10H13N/c1-3-9-6-4-5-7-10(9)8(2)11/h3-7H,11H2,1-2H3/b9-3-,10-8-. The highest BCUT2D eigenvalue weighted by Crippen LogP contribution is 1.75. The van der Waals surface area contributed by atoms with Crippen molar-refractivity contribution in [2.24, 2.45) is 5.73 Å². The minimum absolute atomic E-state index is 0.874. The van der Waals surface area contributed by atoms with Gasteiger partial charge in [0.1, 0.15) is 0 Å². The van der Waals surface area contributed by atoms with Gasteiger partial charge in [-0.3, -0.25) is 0 Å². The number of nitrogens with two attached hydrogens (primary N) is 1. The molecular weight excluding hydrogens is 134 g/mol. The van der Waals surface area contributed by atoms with Crippen molar-refractivity contribution in [2.45, 2.75) is 13.8 Å². The first-order chi connectivity index (χ1) is 5.25. The number of hydrogen-bond acceptors (Lipinski definition) is 1. The number of benzene rings is 1. The van der Waals surface area contributed by atoms with Crippen molar-refractivity contribution < 1.29 is 0 Å². The molecule has 0 fully saturated rings. The van der Waals surface area contributed by atoms with E-state index in [4.69, 9.17) is 5.73 Å². The van der Waals surface area contributed by atoms with E-state index >= 15 is 0 Å². The Hall–Kier alpha value is -1.24. The van der Waals surface area contributed by atoms with E-state index < -0.39 is 0 Å². The van der Waals surface area contributed by atoms with Gasteiger partial charge in [0.05, 0.1) is 0 Å². The van der Waals surface area contributed by atoms with Crippen LogP contribution in [0, 0.1) is 0 Å². The van der Waals surface area contributed by atoms with Crippen LogP contribution < -0.4 is 16.2 Å². The maximum Gasteiger partial charge on any atom is 0.0128 e. The molecule has 0 aliphatic heterocycles. The smallest absolute Gasteiger partial charge is 0.0128 e. The number of hydrogen-bond donors (Lipinski definition) is 1. The van der Waals surface area contributed by atoms with Crippen LogP contribution in [0.1, 0.15) is 13.8 Å². The van der Waals surface area contributed by atoms with Crippen molar-refractivity contribution in [3.05, 3.63) is 34.7 Å². The average Bonchev–Trinajstić information content (AvgIpc) is 2.04. The molecule has 2 N–H and O–H groups in total. The molecule has 0 atom stereocenters. The zero-order valence-corrected chi connectivity index (χ0v) is 6.96. The average molecular weight is 147 g/mol. The van der Waals surface area contributed by atoms with Crippen LogP contribution in [0.15, 0.2) is 24.3 Å². The summed E-state index contributed by atoms with van der Waals surface area (Å²) >= 11 is 0. The molecule has 0 bridgehead atoms. The highest BCUT2D eigenvalue weighted by atomic mass is 14.5. The summed E-state index contributed by atoms with van der Waals surface area (Å²) in [7, 11) is 0. The van der Waals surface area contributed by atoms with E-state index in [1.807, 2.05) is 32.0 Å².